The largest absolute Gasteiger partial charge is 0.208 e. The first-order chi connectivity index (χ1) is 31.2. The zero-order valence-electron chi connectivity index (χ0n) is 33.7. The normalized spacial score (nSPS) is 13.2. The Hall–Kier alpha value is -7.57. The maximum atomic E-state index is 5.07. The molecule has 9 aromatic carbocycles. The Labute approximate surface area is 371 Å². The third-order valence-corrected chi connectivity index (χ3v) is 15.6. The summed E-state index contributed by atoms with van der Waals surface area (Å²) < 4.78 is 5.26. The summed E-state index contributed by atoms with van der Waals surface area (Å²) in [5.41, 5.74) is 15.5. The quantitative estimate of drug-likeness (QED) is 0.177. The molecule has 0 aliphatic heterocycles. The standard InChI is InChI=1S/C58H33N3S2/c1-3-14-34(15-4-1)55-59-56(35-16-5-2-6-17-35)61-57(60-55)38-19-13-18-36(30-38)37-26-28-50-45(31-37)53-51(62-50)29-27-42-43-32-44-41-22-9-12-25-49(41)63-52(44)33-48(43)58(54(42)53)46-23-10-7-20-39(46)40-21-8-11-24-47(40)58/h1-33H. The van der Waals surface area contributed by atoms with Crippen LogP contribution >= 0.6 is 22.7 Å². The van der Waals surface area contributed by atoms with Gasteiger partial charge in [-0.1, -0.05) is 158 Å². The Balaban J connectivity index is 1.00. The average molecular weight is 836 g/mol. The molecular weight excluding hydrogens is 803 g/mol. The van der Waals surface area contributed by atoms with Gasteiger partial charge in [0.2, 0.25) is 0 Å². The Morgan fingerprint density at radius 2 is 0.857 bits per heavy atom. The number of benzene rings is 9. The molecule has 292 valence electrons. The molecule has 63 heavy (non-hydrogen) atoms. The van der Waals surface area contributed by atoms with E-state index in [2.05, 4.69) is 164 Å². The second-order valence-electron chi connectivity index (χ2n) is 16.6. The molecule has 0 radical (unpaired) electrons. The Morgan fingerprint density at radius 1 is 0.302 bits per heavy atom. The highest BCUT2D eigenvalue weighted by Crippen LogP contribution is 2.65. The van der Waals surface area contributed by atoms with Crippen LogP contribution in [0.4, 0.5) is 0 Å². The summed E-state index contributed by atoms with van der Waals surface area (Å²) in [4.78, 5) is 15.1. The van der Waals surface area contributed by atoms with Crippen molar-refractivity contribution in [2.45, 2.75) is 5.41 Å². The molecule has 14 rings (SSSR count). The molecule has 3 aromatic heterocycles. The van der Waals surface area contributed by atoms with Crippen molar-refractivity contribution in [3.8, 4) is 67.5 Å². The van der Waals surface area contributed by atoms with Crippen molar-refractivity contribution >= 4 is 63.0 Å². The average Bonchev–Trinajstić information content (AvgIpc) is 4.08. The van der Waals surface area contributed by atoms with Gasteiger partial charge in [-0.2, -0.15) is 0 Å². The lowest BCUT2D eigenvalue weighted by Gasteiger charge is -2.31. The maximum Gasteiger partial charge on any atom is 0.164 e. The van der Waals surface area contributed by atoms with E-state index in [0.717, 1.165) is 27.8 Å². The van der Waals surface area contributed by atoms with Crippen LogP contribution in [0.5, 0.6) is 0 Å². The first-order valence-electron chi connectivity index (χ1n) is 21.3. The molecular formula is C58H33N3S2. The number of nitrogens with zero attached hydrogens (tertiary/aromatic N) is 3. The van der Waals surface area contributed by atoms with Crippen LogP contribution in [-0.2, 0) is 5.41 Å². The summed E-state index contributed by atoms with van der Waals surface area (Å²) in [6, 6.07) is 73.1. The van der Waals surface area contributed by atoms with Gasteiger partial charge in [0.1, 0.15) is 0 Å². The zero-order valence-corrected chi connectivity index (χ0v) is 35.3. The van der Waals surface area contributed by atoms with Gasteiger partial charge < -0.3 is 0 Å². The van der Waals surface area contributed by atoms with Gasteiger partial charge in [-0.15, -0.1) is 22.7 Å². The first kappa shape index (κ1) is 35.1. The van der Waals surface area contributed by atoms with Gasteiger partial charge in [-0.3, -0.25) is 0 Å². The van der Waals surface area contributed by atoms with Crippen molar-refractivity contribution in [3.05, 3.63) is 222 Å². The summed E-state index contributed by atoms with van der Waals surface area (Å²) in [5, 5.41) is 5.29. The maximum absolute atomic E-state index is 5.07. The fourth-order valence-corrected chi connectivity index (χ4v) is 12.9. The van der Waals surface area contributed by atoms with E-state index in [1.54, 1.807) is 0 Å². The molecule has 3 nitrogen and oxygen atoms in total. The van der Waals surface area contributed by atoms with E-state index in [4.69, 9.17) is 15.0 Å². The van der Waals surface area contributed by atoms with E-state index >= 15 is 0 Å². The molecule has 2 aliphatic rings. The number of fused-ring (bicyclic) bond motifs is 17. The summed E-state index contributed by atoms with van der Waals surface area (Å²) >= 11 is 3.80. The van der Waals surface area contributed by atoms with Crippen molar-refractivity contribution < 1.29 is 0 Å². The van der Waals surface area contributed by atoms with Crippen molar-refractivity contribution in [2.75, 3.05) is 0 Å². The molecule has 2 aliphatic carbocycles. The van der Waals surface area contributed by atoms with Crippen molar-refractivity contribution in [2.24, 2.45) is 0 Å². The monoisotopic (exact) mass is 835 g/mol. The Morgan fingerprint density at radius 3 is 1.59 bits per heavy atom. The predicted octanol–water partition coefficient (Wildman–Crippen LogP) is 15.6. The molecule has 0 N–H and O–H groups in total. The molecule has 0 saturated heterocycles. The molecule has 0 fully saturated rings. The van der Waals surface area contributed by atoms with Crippen LogP contribution in [0, 0.1) is 0 Å². The third kappa shape index (κ3) is 4.97. The molecule has 0 bridgehead atoms. The first-order valence-corrected chi connectivity index (χ1v) is 23.0. The topological polar surface area (TPSA) is 38.7 Å². The number of thiophene rings is 2. The van der Waals surface area contributed by atoms with Crippen LogP contribution in [-0.4, -0.2) is 15.0 Å². The van der Waals surface area contributed by atoms with Crippen LogP contribution in [0.25, 0.3) is 108 Å². The van der Waals surface area contributed by atoms with Gasteiger partial charge in [0, 0.05) is 57.0 Å². The van der Waals surface area contributed by atoms with Gasteiger partial charge in [0.25, 0.3) is 0 Å². The highest BCUT2D eigenvalue weighted by molar-refractivity contribution is 7.26. The van der Waals surface area contributed by atoms with Gasteiger partial charge in [0.15, 0.2) is 17.5 Å². The lowest BCUT2D eigenvalue weighted by molar-refractivity contribution is 0.803. The van der Waals surface area contributed by atoms with Crippen LogP contribution in [0.2, 0.25) is 0 Å². The lowest BCUT2D eigenvalue weighted by Crippen LogP contribution is -2.26. The van der Waals surface area contributed by atoms with Crippen molar-refractivity contribution in [1.82, 2.24) is 15.0 Å². The van der Waals surface area contributed by atoms with E-state index in [0.29, 0.717) is 17.5 Å². The molecule has 5 heteroatoms. The van der Waals surface area contributed by atoms with E-state index in [-0.39, 0.29) is 0 Å². The van der Waals surface area contributed by atoms with Crippen LogP contribution in [0.3, 0.4) is 0 Å². The van der Waals surface area contributed by atoms with Gasteiger partial charge in [-0.05, 0) is 98.1 Å². The highest BCUT2D eigenvalue weighted by Gasteiger charge is 2.53. The van der Waals surface area contributed by atoms with E-state index in [1.807, 2.05) is 59.1 Å². The minimum atomic E-state index is -0.475. The van der Waals surface area contributed by atoms with Gasteiger partial charge in [0.05, 0.1) is 5.41 Å². The summed E-state index contributed by atoms with van der Waals surface area (Å²) in [6.07, 6.45) is 0. The fourth-order valence-electron chi connectivity index (χ4n) is 10.7. The van der Waals surface area contributed by atoms with Gasteiger partial charge >= 0.3 is 0 Å². The summed E-state index contributed by atoms with van der Waals surface area (Å²) in [6.45, 7) is 0. The smallest absolute Gasteiger partial charge is 0.164 e. The van der Waals surface area contributed by atoms with E-state index < -0.39 is 5.41 Å². The number of hydrogen-bond acceptors (Lipinski definition) is 5. The van der Waals surface area contributed by atoms with Gasteiger partial charge in [-0.25, -0.2) is 15.0 Å². The highest BCUT2D eigenvalue weighted by atomic mass is 32.1. The van der Waals surface area contributed by atoms with Crippen molar-refractivity contribution in [1.29, 1.82) is 0 Å². The molecule has 12 aromatic rings. The van der Waals surface area contributed by atoms with E-state index in [1.165, 1.54) is 84.9 Å². The van der Waals surface area contributed by atoms with Crippen molar-refractivity contribution in [3.63, 3.8) is 0 Å². The minimum absolute atomic E-state index is 0.475. The summed E-state index contributed by atoms with van der Waals surface area (Å²) in [7, 11) is 0. The van der Waals surface area contributed by atoms with E-state index in [9.17, 15) is 0 Å². The minimum Gasteiger partial charge on any atom is -0.208 e. The molecule has 0 amide bonds. The molecule has 0 unspecified atom stereocenters. The number of hydrogen-bond donors (Lipinski definition) is 0. The fraction of sp³-hybridized carbons (Fsp3) is 0.0172. The second kappa shape index (κ2) is 13.2. The predicted molar refractivity (Wildman–Crippen MR) is 264 cm³/mol. The second-order valence-corrected chi connectivity index (χ2v) is 18.8. The molecule has 3 heterocycles. The number of rotatable bonds is 4. The third-order valence-electron chi connectivity index (χ3n) is 13.3. The SMILES string of the molecule is c1ccc(-c2nc(-c3ccccc3)nc(-c3cccc(-c4ccc5sc6ccc7c(c6c5c4)C4(c5ccccc5-c5ccccc54)c4cc5sc6ccccc6c5cc4-7)c3)n2)cc1. The molecule has 0 saturated carbocycles. The van der Waals surface area contributed by atoms with Crippen LogP contribution < -0.4 is 0 Å². The van der Waals surface area contributed by atoms with Crippen LogP contribution in [0.1, 0.15) is 22.3 Å². The lowest BCUT2D eigenvalue weighted by atomic mass is 9.69. The zero-order chi connectivity index (χ0) is 41.2. The summed E-state index contributed by atoms with van der Waals surface area (Å²) in [5.74, 6) is 1.96. The Kier molecular flexibility index (Phi) is 7.36. The Bertz CT molecular complexity index is 3760. The molecule has 1 spiro atoms. The van der Waals surface area contributed by atoms with Crippen LogP contribution in [0.15, 0.2) is 200 Å². The number of aromatic nitrogens is 3. The molecule has 0 atom stereocenters.